The van der Waals surface area contributed by atoms with Crippen LogP contribution in [0.25, 0.3) is 0 Å². The van der Waals surface area contributed by atoms with Crippen LogP contribution in [0.2, 0.25) is 10.0 Å². The van der Waals surface area contributed by atoms with Crippen LogP contribution in [0.3, 0.4) is 0 Å². The van der Waals surface area contributed by atoms with Crippen molar-refractivity contribution in [3.63, 3.8) is 0 Å². The molecule has 24 heavy (non-hydrogen) atoms. The third-order valence-electron chi connectivity index (χ3n) is 3.36. The van der Waals surface area contributed by atoms with E-state index in [1.807, 2.05) is 31.2 Å². The highest BCUT2D eigenvalue weighted by atomic mass is 35.5. The Morgan fingerprint density at radius 3 is 2.62 bits per heavy atom. The smallest absolute Gasteiger partial charge is 0.148 e. The summed E-state index contributed by atoms with van der Waals surface area (Å²) >= 11 is 12.1. The minimum atomic E-state index is 0.555. The topological polar surface area (TPSA) is 73.7 Å². The van der Waals surface area contributed by atoms with Gasteiger partial charge in [0.25, 0.3) is 0 Å². The second-order valence-corrected chi connectivity index (χ2v) is 5.84. The third-order valence-corrected chi connectivity index (χ3v) is 4.01. The maximum atomic E-state index is 7.52. The molecule has 0 saturated heterocycles. The molecule has 1 aromatic carbocycles. The number of nitrogens with one attached hydrogen (secondary N) is 3. The van der Waals surface area contributed by atoms with E-state index in [0.29, 0.717) is 28.8 Å². The molecule has 0 radical (unpaired) electrons. The van der Waals surface area contributed by atoms with Crippen LogP contribution in [0.4, 0.5) is 11.5 Å². The second-order valence-electron chi connectivity index (χ2n) is 5.03. The van der Waals surface area contributed by atoms with Gasteiger partial charge in [-0.25, -0.2) is 9.97 Å². The second kappa shape index (κ2) is 9.25. The molecule has 0 bridgehead atoms. The van der Waals surface area contributed by atoms with Crippen LogP contribution in [0.5, 0.6) is 0 Å². The summed E-state index contributed by atoms with van der Waals surface area (Å²) in [6.45, 7) is 2.61. The number of aromatic nitrogens is 2. The zero-order chi connectivity index (χ0) is 17.4. The lowest BCUT2D eigenvalue weighted by molar-refractivity contribution is 0.973. The summed E-state index contributed by atoms with van der Waals surface area (Å²) in [5, 5.41) is 15.1. The maximum absolute atomic E-state index is 7.52. The molecule has 2 aromatic rings. The fraction of sp³-hybridized carbons (Fsp3) is 0.235. The molecule has 3 N–H and O–H groups in total. The van der Waals surface area contributed by atoms with Gasteiger partial charge in [0, 0.05) is 29.7 Å². The molecule has 0 spiro atoms. The number of halogens is 2. The summed E-state index contributed by atoms with van der Waals surface area (Å²) in [4.78, 5) is 8.29. The molecule has 0 aliphatic heterocycles. The number of rotatable bonds is 8. The summed E-state index contributed by atoms with van der Waals surface area (Å²) in [5.41, 5.74) is 2.58. The van der Waals surface area contributed by atoms with Gasteiger partial charge in [-0.3, -0.25) is 0 Å². The number of benzene rings is 1. The van der Waals surface area contributed by atoms with Crippen LogP contribution in [0.15, 0.2) is 42.4 Å². The fourth-order valence-corrected chi connectivity index (χ4v) is 2.43. The van der Waals surface area contributed by atoms with Gasteiger partial charge >= 0.3 is 0 Å². The maximum Gasteiger partial charge on any atom is 0.148 e. The molecule has 0 fully saturated rings. The van der Waals surface area contributed by atoms with E-state index >= 15 is 0 Å². The van der Waals surface area contributed by atoms with Crippen LogP contribution in [0.1, 0.15) is 19.0 Å². The summed E-state index contributed by atoms with van der Waals surface area (Å²) in [6, 6.07) is 7.38. The van der Waals surface area contributed by atoms with Crippen molar-refractivity contribution in [1.29, 1.82) is 5.41 Å². The average Bonchev–Trinajstić information content (AvgIpc) is 2.60. The van der Waals surface area contributed by atoms with Crippen LogP contribution in [-0.2, 0) is 6.42 Å². The third kappa shape index (κ3) is 5.22. The van der Waals surface area contributed by atoms with E-state index in [1.54, 1.807) is 6.20 Å². The van der Waals surface area contributed by atoms with E-state index in [2.05, 4.69) is 20.6 Å². The average molecular weight is 364 g/mol. The van der Waals surface area contributed by atoms with Gasteiger partial charge in [-0.1, -0.05) is 30.1 Å². The van der Waals surface area contributed by atoms with E-state index in [-0.39, 0.29) is 0 Å². The van der Waals surface area contributed by atoms with E-state index in [1.165, 1.54) is 12.5 Å². The first-order valence-corrected chi connectivity index (χ1v) is 8.34. The Morgan fingerprint density at radius 1 is 1.21 bits per heavy atom. The summed E-state index contributed by atoms with van der Waals surface area (Å²) in [6.07, 6.45) is 6.04. The van der Waals surface area contributed by atoms with Crippen molar-refractivity contribution in [2.75, 3.05) is 17.2 Å². The van der Waals surface area contributed by atoms with Crippen molar-refractivity contribution in [3.8, 4) is 0 Å². The van der Waals surface area contributed by atoms with E-state index in [9.17, 15) is 0 Å². The van der Waals surface area contributed by atoms with Crippen LogP contribution in [0, 0.1) is 5.41 Å². The molecule has 0 aliphatic rings. The summed E-state index contributed by atoms with van der Waals surface area (Å²) in [5.74, 6) is 0.624. The fourth-order valence-electron chi connectivity index (χ4n) is 2.01. The minimum Gasteiger partial charge on any atom is -0.368 e. The first-order chi connectivity index (χ1) is 11.6. The molecular formula is C17H19Cl2N5. The Bertz CT molecular complexity index is 713. The zero-order valence-corrected chi connectivity index (χ0v) is 14.8. The van der Waals surface area contributed by atoms with Crippen LogP contribution in [-0.4, -0.2) is 22.7 Å². The Morgan fingerprint density at radius 2 is 1.96 bits per heavy atom. The highest BCUT2D eigenvalue weighted by molar-refractivity contribution is 6.33. The Balaban J connectivity index is 1.90. The van der Waals surface area contributed by atoms with Gasteiger partial charge in [0.1, 0.15) is 17.2 Å². The first kappa shape index (κ1) is 18.2. The van der Waals surface area contributed by atoms with Gasteiger partial charge in [-0.05, 0) is 42.7 Å². The van der Waals surface area contributed by atoms with Crippen molar-refractivity contribution in [2.45, 2.75) is 19.8 Å². The van der Waals surface area contributed by atoms with E-state index in [0.717, 1.165) is 23.4 Å². The molecule has 0 amide bonds. The molecule has 0 atom stereocenters. The van der Waals surface area contributed by atoms with E-state index in [4.69, 9.17) is 28.6 Å². The summed E-state index contributed by atoms with van der Waals surface area (Å²) < 4.78 is 0. The van der Waals surface area contributed by atoms with Gasteiger partial charge in [-0.2, -0.15) is 0 Å². The molecule has 0 aliphatic carbocycles. The van der Waals surface area contributed by atoms with Crippen molar-refractivity contribution in [2.24, 2.45) is 0 Å². The number of hydrogen-bond donors (Lipinski definition) is 3. The lowest BCUT2D eigenvalue weighted by atomic mass is 10.2. The molecule has 1 aromatic heterocycles. The summed E-state index contributed by atoms with van der Waals surface area (Å²) in [7, 11) is 0. The van der Waals surface area contributed by atoms with Crippen molar-refractivity contribution in [1.82, 2.24) is 9.97 Å². The molecule has 5 nitrogen and oxygen atoms in total. The van der Waals surface area contributed by atoms with Crippen molar-refractivity contribution in [3.05, 3.63) is 58.1 Å². The van der Waals surface area contributed by atoms with Crippen molar-refractivity contribution >= 4 is 40.9 Å². The molecule has 126 valence electrons. The van der Waals surface area contributed by atoms with Crippen LogP contribution >= 0.6 is 23.2 Å². The minimum absolute atomic E-state index is 0.555. The van der Waals surface area contributed by atoms with Crippen LogP contribution < -0.4 is 10.6 Å². The molecule has 1 heterocycles. The number of anilines is 2. The van der Waals surface area contributed by atoms with Gasteiger partial charge in [-0.15, -0.1) is 0 Å². The number of nitrogens with zero attached hydrogens (tertiary/aromatic N) is 2. The zero-order valence-electron chi connectivity index (χ0n) is 13.3. The van der Waals surface area contributed by atoms with E-state index < -0.39 is 0 Å². The molecule has 0 unspecified atom stereocenters. The van der Waals surface area contributed by atoms with Gasteiger partial charge < -0.3 is 16.0 Å². The first-order valence-electron chi connectivity index (χ1n) is 7.59. The number of hydrogen-bond acceptors (Lipinski definition) is 5. The Kier molecular flexibility index (Phi) is 7.03. The normalized spacial score (nSPS) is 11.2. The van der Waals surface area contributed by atoms with Gasteiger partial charge in [0.15, 0.2) is 0 Å². The Hall–Kier alpha value is -2.11. The lowest BCUT2D eigenvalue weighted by Gasteiger charge is -2.09. The molecular weight excluding hydrogens is 345 g/mol. The highest BCUT2D eigenvalue weighted by Gasteiger charge is 2.07. The predicted molar refractivity (Wildman–Crippen MR) is 101 cm³/mol. The Labute approximate surface area is 151 Å². The monoisotopic (exact) mass is 363 g/mol. The predicted octanol–water partition coefficient (Wildman–Crippen LogP) is 4.79. The quantitative estimate of drug-likeness (QED) is 0.589. The van der Waals surface area contributed by atoms with Gasteiger partial charge in [0.2, 0.25) is 0 Å². The highest BCUT2D eigenvalue weighted by Crippen LogP contribution is 2.22. The van der Waals surface area contributed by atoms with Gasteiger partial charge in [0.05, 0.1) is 5.69 Å². The standard InChI is InChI=1S/C17H19Cl2N5/c1-2-15-16(19)17(24-11-23-15)21-8-7-12(9-20)10-22-14-5-3-13(18)4-6-14/h3-6,9-11,20,22H,2,7-8H2,1H3,(H,21,23,24)/b12-10-,20-9?. The molecule has 2 rings (SSSR count). The molecule has 0 saturated carbocycles. The number of aryl methyl sites for hydroxylation is 1. The molecule has 7 heteroatoms. The largest absolute Gasteiger partial charge is 0.368 e. The SMILES string of the molecule is CCc1ncnc(NCC/C(C=N)=C/Nc2ccc(Cl)cc2)c1Cl. The lowest BCUT2D eigenvalue weighted by Crippen LogP contribution is -2.07. The van der Waals surface area contributed by atoms with Crippen molar-refractivity contribution < 1.29 is 0 Å².